The number of aliphatic carboxylic acids is 1. The number of carbonyl (C=O) groups is 3. The van der Waals surface area contributed by atoms with Crippen LogP contribution >= 0.6 is 0 Å². The third kappa shape index (κ3) is 79.4. The molecular weight excluding hydrogens is 1200 g/mol. The predicted molar refractivity (Wildman–Crippen MR) is 417 cm³/mol. The number of carboxylic acid groups (broad SMARTS) is 1. The zero-order chi connectivity index (χ0) is 70.4. The lowest BCUT2D eigenvalue weighted by Gasteiger charge is -2.26. The SMILES string of the molecule is CC/C=C\C/C=C\C/C=C\C/C=C\C/C=C\CCCCCCCCCCCCCCCCCCCCCC(=O)OC(COC(=O)CCCCCCCCCCCCCCCCCCCCCCCC/C=C\C/C=C\C/C=C\CCCCCCC)COC(OCC[N+](C)(C)C)C(=O)[O-]. The number of hydrogen-bond acceptors (Lipinski definition) is 8. The molecule has 0 aromatic carbocycles. The number of carbonyl (C=O) groups excluding carboxylic acids is 3. The molecule has 0 amide bonds. The molecule has 2 atom stereocenters. The molecule has 9 nitrogen and oxygen atoms in total. The van der Waals surface area contributed by atoms with E-state index in [0.29, 0.717) is 23.9 Å². The van der Waals surface area contributed by atoms with Gasteiger partial charge in [-0.2, -0.15) is 0 Å². The zero-order valence-corrected chi connectivity index (χ0v) is 64.4. The van der Waals surface area contributed by atoms with E-state index in [0.717, 1.165) is 77.0 Å². The number of allylic oxidation sites excluding steroid dienone is 16. The van der Waals surface area contributed by atoms with Crippen molar-refractivity contribution in [1.29, 1.82) is 0 Å². The molecule has 0 aromatic rings. The minimum atomic E-state index is -1.62. The van der Waals surface area contributed by atoms with Gasteiger partial charge in [0.25, 0.3) is 0 Å². The van der Waals surface area contributed by atoms with Crippen molar-refractivity contribution in [2.45, 2.75) is 399 Å². The molecule has 0 bridgehead atoms. The Kier molecular flexibility index (Phi) is 74.9. The van der Waals surface area contributed by atoms with Gasteiger partial charge >= 0.3 is 11.9 Å². The minimum absolute atomic E-state index is 0.148. The zero-order valence-electron chi connectivity index (χ0n) is 64.4. The summed E-state index contributed by atoms with van der Waals surface area (Å²) < 4.78 is 22.9. The number of esters is 2. The monoisotopic (exact) mass is 1360 g/mol. The highest BCUT2D eigenvalue weighted by atomic mass is 16.7. The lowest BCUT2D eigenvalue weighted by Crippen LogP contribution is -2.44. The van der Waals surface area contributed by atoms with Crippen LogP contribution in [-0.4, -0.2) is 82.3 Å². The van der Waals surface area contributed by atoms with Gasteiger partial charge in [0.1, 0.15) is 13.2 Å². The van der Waals surface area contributed by atoms with Gasteiger partial charge < -0.3 is 33.3 Å². The van der Waals surface area contributed by atoms with E-state index in [9.17, 15) is 19.5 Å². The summed E-state index contributed by atoms with van der Waals surface area (Å²) in [5, 5.41) is 11.9. The van der Waals surface area contributed by atoms with Gasteiger partial charge in [0, 0.05) is 12.8 Å². The van der Waals surface area contributed by atoms with Crippen LogP contribution in [0.4, 0.5) is 0 Å². The van der Waals surface area contributed by atoms with Crippen molar-refractivity contribution in [1.82, 2.24) is 0 Å². The van der Waals surface area contributed by atoms with Gasteiger partial charge in [0.2, 0.25) is 0 Å². The molecule has 97 heavy (non-hydrogen) atoms. The van der Waals surface area contributed by atoms with Gasteiger partial charge in [-0.05, 0) is 96.3 Å². The fourth-order valence-corrected chi connectivity index (χ4v) is 12.0. The standard InChI is InChI=1S/C88H157NO8/c1-6-8-10-12-14-16-18-20-22-24-26-28-30-32-34-36-38-40-42-43-45-46-48-50-52-54-56-58-60-62-64-66-68-70-72-74-76-78-85(90)95-82-84(83-96-88(87(92)93)94-81-80-89(3,4)5)97-86(91)79-77-75-73-71-69-67-65-63-61-59-57-55-53-51-49-47-44-41-39-37-35-33-31-29-27-25-23-21-19-17-15-13-11-9-7-2/h9,11,15,17-18,20-21,23-24,26-27,29-30,32-33,35,84,88H,6-8,10,12-14,16,19,22,25,28,31,34,36-83H2,1-5H3/b11-9-,17-15-,20-18-,23-21-,26-24-,29-27-,32-30-,35-33-. The summed E-state index contributed by atoms with van der Waals surface area (Å²) in [7, 11) is 5.95. The average Bonchev–Trinajstić information content (AvgIpc) is 3.74. The van der Waals surface area contributed by atoms with E-state index in [-0.39, 0.29) is 32.2 Å². The van der Waals surface area contributed by atoms with Crippen LogP contribution in [0.25, 0.3) is 0 Å². The summed E-state index contributed by atoms with van der Waals surface area (Å²) in [5.74, 6) is -2.26. The van der Waals surface area contributed by atoms with Gasteiger partial charge in [-0.25, -0.2) is 0 Å². The highest BCUT2D eigenvalue weighted by molar-refractivity contribution is 5.70. The van der Waals surface area contributed by atoms with Crippen LogP contribution in [0.2, 0.25) is 0 Å². The van der Waals surface area contributed by atoms with Gasteiger partial charge in [0.05, 0.1) is 40.3 Å². The molecule has 0 rings (SSSR count). The number of rotatable bonds is 77. The van der Waals surface area contributed by atoms with Gasteiger partial charge in [-0.1, -0.05) is 374 Å². The Morgan fingerprint density at radius 1 is 0.320 bits per heavy atom. The Morgan fingerprint density at radius 3 is 0.876 bits per heavy atom. The van der Waals surface area contributed by atoms with E-state index in [1.807, 2.05) is 21.1 Å². The number of nitrogens with zero attached hydrogens (tertiary/aromatic N) is 1. The van der Waals surface area contributed by atoms with Gasteiger partial charge in [-0.15, -0.1) is 0 Å². The van der Waals surface area contributed by atoms with Crippen LogP contribution in [-0.2, 0) is 33.3 Å². The Balaban J connectivity index is 3.98. The summed E-state index contributed by atoms with van der Waals surface area (Å²) in [5.41, 5.74) is 0. The van der Waals surface area contributed by atoms with Crippen molar-refractivity contribution in [3.05, 3.63) is 97.2 Å². The molecule has 0 aliphatic carbocycles. The summed E-state index contributed by atoms with van der Waals surface area (Å²) in [6.07, 6.45) is 105. The van der Waals surface area contributed by atoms with E-state index in [1.165, 1.54) is 276 Å². The Bertz CT molecular complexity index is 1920. The summed E-state index contributed by atoms with van der Waals surface area (Å²) in [4.78, 5) is 37.6. The molecule has 0 aromatic heterocycles. The lowest BCUT2D eigenvalue weighted by molar-refractivity contribution is -0.870. The Morgan fingerprint density at radius 2 is 0.588 bits per heavy atom. The normalized spacial score (nSPS) is 13.1. The quantitative estimate of drug-likeness (QED) is 0.0195. The second-order valence-corrected chi connectivity index (χ2v) is 29.0. The fraction of sp³-hybridized carbons (Fsp3) is 0.784. The summed E-state index contributed by atoms with van der Waals surface area (Å²) >= 11 is 0. The number of unbranched alkanes of at least 4 members (excludes halogenated alkanes) is 46. The van der Waals surface area contributed by atoms with E-state index >= 15 is 0 Å². The first-order valence-electron chi connectivity index (χ1n) is 41.4. The lowest BCUT2D eigenvalue weighted by atomic mass is 10.0. The molecule has 0 radical (unpaired) electrons. The summed E-state index contributed by atoms with van der Waals surface area (Å²) in [6.45, 7) is 4.68. The molecule has 0 spiro atoms. The number of ether oxygens (including phenoxy) is 4. The molecule has 562 valence electrons. The smallest absolute Gasteiger partial charge is 0.306 e. The van der Waals surface area contributed by atoms with Gasteiger partial charge in [0.15, 0.2) is 12.4 Å². The first-order chi connectivity index (χ1) is 47.6. The maximum Gasteiger partial charge on any atom is 0.306 e. The molecule has 0 aliphatic rings. The van der Waals surface area contributed by atoms with E-state index in [4.69, 9.17) is 18.9 Å². The van der Waals surface area contributed by atoms with Gasteiger partial charge in [-0.3, -0.25) is 9.59 Å². The van der Waals surface area contributed by atoms with E-state index in [2.05, 4.69) is 111 Å². The van der Waals surface area contributed by atoms with Crippen molar-refractivity contribution in [2.75, 3.05) is 47.5 Å². The first-order valence-corrected chi connectivity index (χ1v) is 41.4. The maximum atomic E-state index is 13.0. The first kappa shape index (κ1) is 93.2. The number of carboxylic acids is 1. The van der Waals surface area contributed by atoms with Crippen LogP contribution in [0.3, 0.4) is 0 Å². The van der Waals surface area contributed by atoms with Crippen molar-refractivity contribution < 1.29 is 42.9 Å². The predicted octanol–water partition coefficient (Wildman–Crippen LogP) is 25.4. The second-order valence-electron chi connectivity index (χ2n) is 29.0. The molecule has 0 heterocycles. The van der Waals surface area contributed by atoms with Crippen LogP contribution < -0.4 is 5.11 Å². The number of quaternary nitrogens is 1. The average molecular weight is 1360 g/mol. The van der Waals surface area contributed by atoms with Crippen molar-refractivity contribution in [2.24, 2.45) is 0 Å². The van der Waals surface area contributed by atoms with E-state index in [1.54, 1.807) is 0 Å². The highest BCUT2D eigenvalue weighted by Crippen LogP contribution is 2.19. The largest absolute Gasteiger partial charge is 0.545 e. The Labute approximate surface area is 601 Å². The summed E-state index contributed by atoms with van der Waals surface area (Å²) in [6, 6.07) is 0. The third-order valence-corrected chi connectivity index (χ3v) is 18.3. The van der Waals surface area contributed by atoms with Crippen molar-refractivity contribution in [3.63, 3.8) is 0 Å². The van der Waals surface area contributed by atoms with E-state index < -0.39 is 24.3 Å². The van der Waals surface area contributed by atoms with Crippen LogP contribution in [0.5, 0.6) is 0 Å². The molecular formula is C88H157NO8. The number of hydrogen-bond donors (Lipinski definition) is 0. The molecule has 0 saturated carbocycles. The third-order valence-electron chi connectivity index (χ3n) is 18.3. The minimum Gasteiger partial charge on any atom is -0.545 e. The molecule has 0 N–H and O–H groups in total. The molecule has 0 saturated heterocycles. The fourth-order valence-electron chi connectivity index (χ4n) is 12.0. The maximum absolute atomic E-state index is 13.0. The molecule has 2 unspecified atom stereocenters. The Hall–Kier alpha value is -3.79. The van der Waals surface area contributed by atoms with Crippen molar-refractivity contribution in [3.8, 4) is 0 Å². The molecule has 0 fully saturated rings. The highest BCUT2D eigenvalue weighted by Gasteiger charge is 2.22. The second kappa shape index (κ2) is 77.9. The number of likely N-dealkylation sites (N-methyl/N-ethyl adjacent to an activating group) is 1. The topological polar surface area (TPSA) is 111 Å². The van der Waals surface area contributed by atoms with Crippen LogP contribution in [0.1, 0.15) is 386 Å². The van der Waals surface area contributed by atoms with Crippen LogP contribution in [0, 0.1) is 0 Å². The molecule has 9 heteroatoms. The molecule has 0 aliphatic heterocycles. The van der Waals surface area contributed by atoms with Crippen molar-refractivity contribution >= 4 is 17.9 Å². The van der Waals surface area contributed by atoms with Crippen LogP contribution in [0.15, 0.2) is 97.2 Å².